The second-order valence-electron chi connectivity index (χ2n) is 7.31. The Bertz CT molecular complexity index is 1170. The fourth-order valence-corrected chi connectivity index (χ4v) is 3.15. The summed E-state index contributed by atoms with van der Waals surface area (Å²) < 4.78 is 38.7. The van der Waals surface area contributed by atoms with Crippen LogP contribution < -0.4 is 13.7 Å². The number of hydrogen-bond acceptors (Lipinski definition) is 6. The zero-order valence-corrected chi connectivity index (χ0v) is 17.6. The number of carbonyl (C=O) groups is 1. The van der Waals surface area contributed by atoms with Gasteiger partial charge in [-0.15, -0.1) is 0 Å². The summed E-state index contributed by atoms with van der Waals surface area (Å²) in [6, 6.07) is 17.5. The summed E-state index contributed by atoms with van der Waals surface area (Å²) in [6.07, 6.45) is 1.00. The largest absolute Gasteiger partial charge is 0.489 e. The number of benzene rings is 3. The van der Waals surface area contributed by atoms with E-state index in [0.29, 0.717) is 18.1 Å². The molecular formula is C22H22O7S. The lowest BCUT2D eigenvalue weighted by Gasteiger charge is -2.21. The molecule has 0 radical (unpaired) electrons. The number of carboxylic acid groups (broad SMARTS) is 1. The molecule has 3 rings (SSSR count). The molecule has 3 aromatic carbocycles. The molecule has 0 saturated carbocycles. The van der Waals surface area contributed by atoms with E-state index in [-0.39, 0.29) is 5.75 Å². The minimum Gasteiger partial charge on any atom is -0.489 e. The highest BCUT2D eigenvalue weighted by Crippen LogP contribution is 2.25. The van der Waals surface area contributed by atoms with Crippen LogP contribution in [0.4, 0.5) is 0 Å². The fraction of sp³-hybridized carbons (Fsp3) is 0.227. The molecule has 7 nitrogen and oxygen atoms in total. The van der Waals surface area contributed by atoms with Gasteiger partial charge in [0.25, 0.3) is 0 Å². The van der Waals surface area contributed by atoms with E-state index in [4.69, 9.17) is 18.8 Å². The Morgan fingerprint density at radius 3 is 2.10 bits per heavy atom. The first kappa shape index (κ1) is 21.4. The second kappa shape index (κ2) is 8.23. The third-order valence-corrected chi connectivity index (χ3v) is 4.74. The van der Waals surface area contributed by atoms with Crippen LogP contribution in [0, 0.1) is 0 Å². The Morgan fingerprint density at radius 1 is 0.900 bits per heavy atom. The first-order valence-corrected chi connectivity index (χ1v) is 10.9. The minimum atomic E-state index is -3.57. The average molecular weight is 430 g/mol. The van der Waals surface area contributed by atoms with Crippen molar-refractivity contribution in [3.05, 3.63) is 66.2 Å². The summed E-state index contributed by atoms with van der Waals surface area (Å²) >= 11 is 0. The highest BCUT2D eigenvalue weighted by atomic mass is 32.2. The summed E-state index contributed by atoms with van der Waals surface area (Å²) in [7, 11) is -3.57. The Balaban J connectivity index is 1.65. The molecule has 0 aromatic heterocycles. The van der Waals surface area contributed by atoms with Crippen molar-refractivity contribution in [3.8, 4) is 17.2 Å². The zero-order chi connectivity index (χ0) is 21.9. The molecular weight excluding hydrogens is 408 g/mol. The van der Waals surface area contributed by atoms with Gasteiger partial charge in [0.05, 0.1) is 6.26 Å². The topological polar surface area (TPSA) is 99.1 Å². The van der Waals surface area contributed by atoms with Crippen LogP contribution in [-0.2, 0) is 21.5 Å². The summed E-state index contributed by atoms with van der Waals surface area (Å²) in [6.45, 7) is 3.30. The van der Waals surface area contributed by atoms with Crippen LogP contribution in [0.15, 0.2) is 60.7 Å². The molecule has 3 aromatic rings. The quantitative estimate of drug-likeness (QED) is 0.539. The number of aliphatic carboxylic acids is 1. The molecule has 0 aliphatic heterocycles. The Kier molecular flexibility index (Phi) is 5.89. The lowest BCUT2D eigenvalue weighted by molar-refractivity contribution is -0.152. The van der Waals surface area contributed by atoms with E-state index in [1.807, 2.05) is 18.2 Å². The minimum absolute atomic E-state index is 0.266. The van der Waals surface area contributed by atoms with Crippen molar-refractivity contribution in [1.29, 1.82) is 0 Å². The van der Waals surface area contributed by atoms with Gasteiger partial charge in [0.1, 0.15) is 23.9 Å². The summed E-state index contributed by atoms with van der Waals surface area (Å²) in [5.41, 5.74) is -0.383. The average Bonchev–Trinajstić information content (AvgIpc) is 2.66. The van der Waals surface area contributed by atoms with Crippen LogP contribution in [0.2, 0.25) is 0 Å². The molecule has 0 aliphatic carbocycles. The number of carboxylic acids is 1. The second-order valence-corrected chi connectivity index (χ2v) is 8.88. The first-order chi connectivity index (χ1) is 14.0. The van der Waals surface area contributed by atoms with Gasteiger partial charge in [-0.3, -0.25) is 0 Å². The molecule has 1 N–H and O–H groups in total. The van der Waals surface area contributed by atoms with Gasteiger partial charge >= 0.3 is 16.1 Å². The lowest BCUT2D eigenvalue weighted by Crippen LogP contribution is -2.37. The number of fused-ring (bicyclic) bond motifs is 1. The Labute approximate surface area is 174 Å². The molecule has 0 aliphatic rings. The van der Waals surface area contributed by atoms with E-state index >= 15 is 0 Å². The highest BCUT2D eigenvalue weighted by Gasteiger charge is 2.29. The molecule has 0 heterocycles. The van der Waals surface area contributed by atoms with E-state index in [2.05, 4.69) is 0 Å². The molecule has 158 valence electrons. The highest BCUT2D eigenvalue weighted by molar-refractivity contribution is 7.86. The van der Waals surface area contributed by atoms with Gasteiger partial charge in [0, 0.05) is 0 Å². The maximum absolute atomic E-state index is 11.3. The van der Waals surface area contributed by atoms with Crippen molar-refractivity contribution >= 4 is 26.9 Å². The summed E-state index contributed by atoms with van der Waals surface area (Å²) in [4.78, 5) is 11.1. The lowest BCUT2D eigenvalue weighted by atomic mass is 10.1. The van der Waals surface area contributed by atoms with E-state index in [0.717, 1.165) is 22.6 Å². The van der Waals surface area contributed by atoms with Crippen LogP contribution >= 0.6 is 0 Å². The van der Waals surface area contributed by atoms with Gasteiger partial charge in [0.2, 0.25) is 0 Å². The van der Waals surface area contributed by atoms with Crippen LogP contribution in [0.1, 0.15) is 19.4 Å². The van der Waals surface area contributed by atoms with Crippen LogP contribution in [-0.4, -0.2) is 31.4 Å². The van der Waals surface area contributed by atoms with Crippen LogP contribution in [0.25, 0.3) is 10.8 Å². The first-order valence-electron chi connectivity index (χ1n) is 9.09. The van der Waals surface area contributed by atoms with E-state index < -0.39 is 21.7 Å². The van der Waals surface area contributed by atoms with Crippen LogP contribution in [0.3, 0.4) is 0 Å². The predicted molar refractivity (Wildman–Crippen MR) is 113 cm³/mol. The molecule has 0 spiro atoms. The smallest absolute Gasteiger partial charge is 0.347 e. The SMILES string of the molecule is CC(C)(Oc1ccc(OCc2ccc3cc(OS(C)(=O)=O)ccc3c2)cc1)C(=O)O. The summed E-state index contributed by atoms with van der Waals surface area (Å²) in [5, 5.41) is 10.9. The summed E-state index contributed by atoms with van der Waals surface area (Å²) in [5.74, 6) is 0.275. The third-order valence-electron chi connectivity index (χ3n) is 4.24. The standard InChI is InChI=1S/C22H22O7S/c1-22(2,21(23)24)28-19-10-8-18(9-11-19)27-14-15-4-5-17-13-20(29-30(3,25)26)7-6-16(17)12-15/h4-13H,14H2,1-3H3,(H,23,24). The fourth-order valence-electron chi connectivity index (χ4n) is 2.70. The molecule has 0 unspecified atom stereocenters. The van der Waals surface area contributed by atoms with E-state index in [9.17, 15) is 13.2 Å². The molecule has 0 fully saturated rings. The molecule has 0 amide bonds. The molecule has 0 saturated heterocycles. The van der Waals surface area contributed by atoms with Gasteiger partial charge in [-0.2, -0.15) is 8.42 Å². The van der Waals surface area contributed by atoms with Crippen molar-refractivity contribution in [2.75, 3.05) is 6.26 Å². The van der Waals surface area contributed by atoms with Gasteiger partial charge in [0.15, 0.2) is 5.60 Å². The number of hydrogen-bond donors (Lipinski definition) is 1. The van der Waals surface area contributed by atoms with Gasteiger partial charge < -0.3 is 18.8 Å². The van der Waals surface area contributed by atoms with Crippen molar-refractivity contribution in [2.24, 2.45) is 0 Å². The van der Waals surface area contributed by atoms with Crippen LogP contribution in [0.5, 0.6) is 17.2 Å². The molecule has 0 atom stereocenters. The predicted octanol–water partition coefficient (Wildman–Crippen LogP) is 4.00. The normalized spacial score (nSPS) is 11.8. The van der Waals surface area contributed by atoms with Gasteiger partial charge in [-0.25, -0.2) is 4.79 Å². The van der Waals surface area contributed by atoms with Crippen molar-refractivity contribution in [3.63, 3.8) is 0 Å². The maximum atomic E-state index is 11.3. The van der Waals surface area contributed by atoms with Crippen molar-refractivity contribution < 1.29 is 32.0 Å². The van der Waals surface area contributed by atoms with Crippen molar-refractivity contribution in [1.82, 2.24) is 0 Å². The van der Waals surface area contributed by atoms with E-state index in [1.54, 1.807) is 42.5 Å². The maximum Gasteiger partial charge on any atom is 0.347 e. The molecule has 0 bridgehead atoms. The monoisotopic (exact) mass is 430 g/mol. The molecule has 8 heteroatoms. The Hall–Kier alpha value is -3.26. The zero-order valence-electron chi connectivity index (χ0n) is 16.8. The van der Waals surface area contributed by atoms with Crippen molar-refractivity contribution in [2.45, 2.75) is 26.1 Å². The number of rotatable bonds is 8. The van der Waals surface area contributed by atoms with Gasteiger partial charge in [-0.05, 0) is 72.6 Å². The third kappa shape index (κ3) is 5.64. The van der Waals surface area contributed by atoms with Gasteiger partial charge in [-0.1, -0.05) is 18.2 Å². The number of ether oxygens (including phenoxy) is 2. The van der Waals surface area contributed by atoms with E-state index in [1.165, 1.54) is 13.8 Å². The Morgan fingerprint density at radius 2 is 1.47 bits per heavy atom. The molecule has 30 heavy (non-hydrogen) atoms.